The van der Waals surface area contributed by atoms with Gasteiger partial charge in [0.05, 0.1) is 6.20 Å². The Hall–Kier alpha value is -2.95. The number of hydrogen-bond acceptors (Lipinski definition) is 2. The van der Waals surface area contributed by atoms with E-state index < -0.39 is 0 Å². The van der Waals surface area contributed by atoms with E-state index in [-0.39, 0.29) is 24.1 Å². The first-order valence-electron chi connectivity index (χ1n) is 8.74. The van der Waals surface area contributed by atoms with E-state index in [4.69, 9.17) is 0 Å². The van der Waals surface area contributed by atoms with Crippen LogP contribution < -0.4 is 5.32 Å². The summed E-state index contributed by atoms with van der Waals surface area (Å²) >= 11 is 0. The zero-order valence-corrected chi connectivity index (χ0v) is 14.7. The molecule has 0 radical (unpaired) electrons. The van der Waals surface area contributed by atoms with Crippen LogP contribution in [-0.2, 0) is 17.9 Å². The molecule has 1 amide bonds. The summed E-state index contributed by atoms with van der Waals surface area (Å²) in [7, 11) is 0. The highest BCUT2D eigenvalue weighted by Gasteiger charge is 2.21. The van der Waals surface area contributed by atoms with Crippen molar-refractivity contribution in [1.29, 1.82) is 0 Å². The number of carbonyl (C=O) groups is 1. The Morgan fingerprint density at radius 1 is 1.15 bits per heavy atom. The normalized spacial score (nSPS) is 11.9. The van der Waals surface area contributed by atoms with Crippen molar-refractivity contribution in [2.45, 2.75) is 32.4 Å². The average Bonchev–Trinajstić information content (AvgIpc) is 3.14. The number of hydrogen-bond donors (Lipinski definition) is 1. The minimum Gasteiger partial charge on any atom is -0.352 e. The Balaban J connectivity index is 1.73. The smallest absolute Gasteiger partial charge is 0.221 e. The maximum absolute atomic E-state index is 14.3. The highest BCUT2D eigenvalue weighted by Crippen LogP contribution is 2.29. The van der Waals surface area contributed by atoms with Crippen LogP contribution in [0.3, 0.4) is 0 Å². The molecule has 0 saturated carbocycles. The van der Waals surface area contributed by atoms with Gasteiger partial charge in [-0.2, -0.15) is 5.10 Å². The molecule has 0 aliphatic carbocycles. The van der Waals surface area contributed by atoms with Gasteiger partial charge in [-0.3, -0.25) is 9.48 Å². The minimum absolute atomic E-state index is 0.119. The molecule has 1 heterocycles. The standard InChI is InChI=1S/C21H22FN3O/c1-2-25-15-16(14-24-25)13-23-21(26)12-19(17-8-4-3-5-9-17)18-10-6-7-11-20(18)22/h3-11,14-15,19H,2,12-13H2,1H3,(H,23,26)/t19-/m0/s1. The number of benzene rings is 2. The van der Waals surface area contributed by atoms with E-state index in [1.165, 1.54) is 6.07 Å². The summed E-state index contributed by atoms with van der Waals surface area (Å²) in [6, 6.07) is 16.2. The maximum Gasteiger partial charge on any atom is 0.221 e. The van der Waals surface area contributed by atoms with Crippen LogP contribution in [0.4, 0.5) is 4.39 Å². The summed E-state index contributed by atoms with van der Waals surface area (Å²) in [6.07, 6.45) is 3.84. The largest absolute Gasteiger partial charge is 0.352 e. The van der Waals surface area contributed by atoms with E-state index in [2.05, 4.69) is 10.4 Å². The third-order valence-electron chi connectivity index (χ3n) is 4.37. The molecule has 2 aromatic carbocycles. The van der Waals surface area contributed by atoms with Crippen molar-refractivity contribution in [3.05, 3.63) is 89.5 Å². The third-order valence-corrected chi connectivity index (χ3v) is 4.37. The summed E-state index contributed by atoms with van der Waals surface area (Å²) in [5.74, 6) is -0.736. The van der Waals surface area contributed by atoms with Gasteiger partial charge in [0.25, 0.3) is 0 Å². The van der Waals surface area contributed by atoms with Gasteiger partial charge < -0.3 is 5.32 Å². The van der Waals surface area contributed by atoms with E-state index in [0.717, 1.165) is 17.7 Å². The van der Waals surface area contributed by atoms with Crippen LogP contribution in [0.5, 0.6) is 0 Å². The van der Waals surface area contributed by atoms with Crippen LogP contribution in [0.25, 0.3) is 0 Å². The second kappa shape index (κ2) is 8.43. The predicted octanol–water partition coefficient (Wildman–Crippen LogP) is 3.88. The molecule has 1 N–H and O–H groups in total. The highest BCUT2D eigenvalue weighted by atomic mass is 19.1. The maximum atomic E-state index is 14.3. The summed E-state index contributed by atoms with van der Waals surface area (Å²) in [4.78, 5) is 12.5. The van der Waals surface area contributed by atoms with Gasteiger partial charge >= 0.3 is 0 Å². The number of aryl methyl sites for hydroxylation is 1. The summed E-state index contributed by atoms with van der Waals surface area (Å²) in [6.45, 7) is 3.21. The van der Waals surface area contributed by atoms with Gasteiger partial charge in [-0.05, 0) is 24.1 Å². The Labute approximate surface area is 152 Å². The number of nitrogens with zero attached hydrogens (tertiary/aromatic N) is 2. The minimum atomic E-state index is -0.323. The summed E-state index contributed by atoms with van der Waals surface area (Å²) in [5.41, 5.74) is 2.40. The van der Waals surface area contributed by atoms with Gasteiger partial charge in [0.1, 0.15) is 5.82 Å². The monoisotopic (exact) mass is 351 g/mol. The van der Waals surface area contributed by atoms with Gasteiger partial charge in [-0.1, -0.05) is 48.5 Å². The fourth-order valence-corrected chi connectivity index (χ4v) is 2.98. The molecular weight excluding hydrogens is 329 g/mol. The topological polar surface area (TPSA) is 46.9 Å². The molecule has 0 saturated heterocycles. The Kier molecular flexibility index (Phi) is 5.79. The molecule has 0 bridgehead atoms. The lowest BCUT2D eigenvalue weighted by molar-refractivity contribution is -0.121. The number of aromatic nitrogens is 2. The molecule has 0 spiro atoms. The van der Waals surface area contributed by atoms with Gasteiger partial charge in [0.2, 0.25) is 5.91 Å². The molecule has 1 atom stereocenters. The quantitative estimate of drug-likeness (QED) is 0.702. The van der Waals surface area contributed by atoms with E-state index in [1.54, 1.807) is 24.4 Å². The van der Waals surface area contributed by atoms with Gasteiger partial charge in [0, 0.05) is 37.2 Å². The first kappa shape index (κ1) is 17.9. The number of halogens is 1. The predicted molar refractivity (Wildman–Crippen MR) is 99.0 cm³/mol. The lowest BCUT2D eigenvalue weighted by atomic mass is 9.88. The molecule has 3 rings (SSSR count). The van der Waals surface area contributed by atoms with Crippen molar-refractivity contribution in [2.75, 3.05) is 0 Å². The van der Waals surface area contributed by atoms with Gasteiger partial charge in [-0.15, -0.1) is 0 Å². The molecule has 0 unspecified atom stereocenters. The Morgan fingerprint density at radius 3 is 2.58 bits per heavy atom. The van der Waals surface area contributed by atoms with Crippen molar-refractivity contribution in [3.63, 3.8) is 0 Å². The zero-order valence-electron chi connectivity index (χ0n) is 14.7. The van der Waals surface area contributed by atoms with Crippen molar-refractivity contribution in [3.8, 4) is 0 Å². The van der Waals surface area contributed by atoms with E-state index in [1.807, 2.05) is 48.1 Å². The first-order chi connectivity index (χ1) is 12.7. The second-order valence-corrected chi connectivity index (χ2v) is 6.17. The fourth-order valence-electron chi connectivity index (χ4n) is 2.98. The first-order valence-corrected chi connectivity index (χ1v) is 8.74. The second-order valence-electron chi connectivity index (χ2n) is 6.17. The molecule has 26 heavy (non-hydrogen) atoms. The van der Waals surface area contributed by atoms with Crippen molar-refractivity contribution >= 4 is 5.91 Å². The number of nitrogens with one attached hydrogen (secondary N) is 1. The van der Waals surface area contributed by atoms with Crippen LogP contribution in [0.1, 0.15) is 36.0 Å². The molecule has 3 aromatic rings. The molecular formula is C21H22FN3O. The van der Waals surface area contributed by atoms with E-state index in [0.29, 0.717) is 12.1 Å². The molecule has 0 aliphatic heterocycles. The van der Waals surface area contributed by atoms with E-state index >= 15 is 0 Å². The van der Waals surface area contributed by atoms with Crippen molar-refractivity contribution in [1.82, 2.24) is 15.1 Å². The van der Waals surface area contributed by atoms with Gasteiger partial charge in [-0.25, -0.2) is 4.39 Å². The lowest BCUT2D eigenvalue weighted by Gasteiger charge is -2.18. The third kappa shape index (κ3) is 4.36. The van der Waals surface area contributed by atoms with E-state index in [9.17, 15) is 9.18 Å². The van der Waals surface area contributed by atoms with Crippen LogP contribution in [0.2, 0.25) is 0 Å². The summed E-state index contributed by atoms with van der Waals surface area (Å²) in [5, 5.41) is 7.11. The average molecular weight is 351 g/mol. The highest BCUT2D eigenvalue weighted by molar-refractivity contribution is 5.77. The number of carbonyl (C=O) groups excluding carboxylic acids is 1. The molecule has 5 heteroatoms. The SMILES string of the molecule is CCn1cc(CNC(=O)C[C@@H](c2ccccc2)c2ccccc2F)cn1. The van der Waals surface area contributed by atoms with Crippen molar-refractivity contribution in [2.24, 2.45) is 0 Å². The number of rotatable bonds is 7. The van der Waals surface area contributed by atoms with Gasteiger partial charge in [0.15, 0.2) is 0 Å². The summed E-state index contributed by atoms with van der Waals surface area (Å²) < 4.78 is 16.1. The lowest BCUT2D eigenvalue weighted by Crippen LogP contribution is -2.25. The zero-order chi connectivity index (χ0) is 18.4. The van der Waals surface area contributed by atoms with Crippen LogP contribution in [-0.4, -0.2) is 15.7 Å². The fraction of sp³-hybridized carbons (Fsp3) is 0.238. The van der Waals surface area contributed by atoms with Crippen LogP contribution in [0, 0.1) is 5.82 Å². The Morgan fingerprint density at radius 2 is 1.88 bits per heavy atom. The van der Waals surface area contributed by atoms with Crippen LogP contribution >= 0.6 is 0 Å². The molecule has 134 valence electrons. The molecule has 0 fully saturated rings. The van der Waals surface area contributed by atoms with Crippen LogP contribution in [0.15, 0.2) is 67.0 Å². The molecule has 1 aromatic heterocycles. The number of amides is 1. The molecule has 4 nitrogen and oxygen atoms in total. The Bertz CT molecular complexity index is 860. The molecule has 0 aliphatic rings. The van der Waals surface area contributed by atoms with Crippen molar-refractivity contribution < 1.29 is 9.18 Å².